The van der Waals surface area contributed by atoms with Crippen molar-refractivity contribution >= 4 is 32.2 Å². The van der Waals surface area contributed by atoms with Gasteiger partial charge in [-0.1, -0.05) is 36.4 Å². The van der Waals surface area contributed by atoms with E-state index in [2.05, 4.69) is 0 Å². The number of hydrogen-bond acceptors (Lipinski definition) is 1. The second-order valence-corrected chi connectivity index (χ2v) is 5.67. The van der Waals surface area contributed by atoms with E-state index in [4.69, 9.17) is 0 Å². The Morgan fingerprint density at radius 3 is 2.11 bits per heavy atom. The Bertz CT molecular complexity index is 609. The van der Waals surface area contributed by atoms with Crippen LogP contribution in [0.5, 0.6) is 0 Å². The van der Waals surface area contributed by atoms with E-state index in [9.17, 15) is 9.46 Å². The Hall–Kier alpha value is -0.773. The van der Waals surface area contributed by atoms with Crippen LogP contribution >= 0.6 is 8.03 Å². The van der Waals surface area contributed by atoms with E-state index < -0.39 is 8.03 Å². The summed E-state index contributed by atoms with van der Waals surface area (Å²) in [7, 11) is -2.67. The molecule has 0 radical (unpaired) electrons. The van der Waals surface area contributed by atoms with Gasteiger partial charge in [-0.3, -0.25) is 4.57 Å². The SMILES string of the molecule is Cc1cc(C)c([PH](=O)O)c(C)c1-c1ccccc1.[LiH]. The van der Waals surface area contributed by atoms with Crippen molar-refractivity contribution < 1.29 is 9.46 Å². The number of benzene rings is 2. The average molecular weight is 268 g/mol. The van der Waals surface area contributed by atoms with Gasteiger partial charge >= 0.3 is 18.9 Å². The zero-order valence-corrected chi connectivity index (χ0v) is 11.8. The molecule has 19 heavy (non-hydrogen) atoms. The number of hydrogen-bond donors (Lipinski definition) is 1. The third-order valence-electron chi connectivity index (χ3n) is 3.25. The molecular formula is C15H18LiO2P. The summed E-state index contributed by atoms with van der Waals surface area (Å²) in [5, 5.41) is 0.601. The molecule has 0 saturated heterocycles. The first-order chi connectivity index (χ1) is 8.52. The molecule has 0 aromatic heterocycles. The van der Waals surface area contributed by atoms with Gasteiger partial charge in [0.1, 0.15) is 0 Å². The maximum absolute atomic E-state index is 11.5. The van der Waals surface area contributed by atoms with Crippen LogP contribution in [0.25, 0.3) is 11.1 Å². The Kier molecular flexibility index (Phi) is 5.65. The monoisotopic (exact) mass is 268 g/mol. The molecule has 0 amide bonds. The topological polar surface area (TPSA) is 37.3 Å². The van der Waals surface area contributed by atoms with Crippen molar-refractivity contribution in [1.29, 1.82) is 0 Å². The maximum atomic E-state index is 11.5. The molecule has 0 saturated carbocycles. The van der Waals surface area contributed by atoms with Gasteiger partial charge in [0.25, 0.3) is 0 Å². The molecule has 0 aliphatic heterocycles. The molecule has 0 aliphatic rings. The Balaban J connectivity index is 0.00000180. The van der Waals surface area contributed by atoms with Crippen molar-refractivity contribution in [2.24, 2.45) is 0 Å². The summed E-state index contributed by atoms with van der Waals surface area (Å²) in [6.45, 7) is 5.86. The number of rotatable bonds is 2. The van der Waals surface area contributed by atoms with Crippen LogP contribution in [0.1, 0.15) is 16.7 Å². The fourth-order valence-electron chi connectivity index (χ4n) is 2.56. The van der Waals surface area contributed by atoms with E-state index in [0.29, 0.717) is 5.30 Å². The van der Waals surface area contributed by atoms with Gasteiger partial charge in [0.15, 0.2) is 0 Å². The van der Waals surface area contributed by atoms with Crippen molar-refractivity contribution in [3.8, 4) is 11.1 Å². The molecule has 0 heterocycles. The summed E-state index contributed by atoms with van der Waals surface area (Å²) < 4.78 is 11.5. The normalized spacial score (nSPS) is 11.8. The first-order valence-corrected chi connectivity index (χ1v) is 7.27. The molecule has 4 heteroatoms. The van der Waals surface area contributed by atoms with Crippen LogP contribution in [0.4, 0.5) is 0 Å². The predicted molar refractivity (Wildman–Crippen MR) is 84.1 cm³/mol. The zero-order valence-electron chi connectivity index (χ0n) is 10.8. The van der Waals surface area contributed by atoms with Crippen LogP contribution < -0.4 is 5.30 Å². The van der Waals surface area contributed by atoms with Crippen molar-refractivity contribution in [1.82, 2.24) is 0 Å². The molecule has 0 bridgehead atoms. The third-order valence-corrected chi connectivity index (χ3v) is 4.45. The van der Waals surface area contributed by atoms with Gasteiger partial charge in [-0.2, -0.15) is 0 Å². The molecule has 2 nitrogen and oxygen atoms in total. The Morgan fingerprint density at radius 1 is 1.00 bits per heavy atom. The predicted octanol–water partition coefficient (Wildman–Crippen LogP) is 2.72. The fraction of sp³-hybridized carbons (Fsp3) is 0.200. The molecule has 0 aliphatic carbocycles. The summed E-state index contributed by atoms with van der Waals surface area (Å²) in [5.74, 6) is 0. The van der Waals surface area contributed by atoms with Gasteiger partial charge < -0.3 is 4.89 Å². The van der Waals surface area contributed by atoms with E-state index in [1.165, 1.54) is 0 Å². The Morgan fingerprint density at radius 2 is 1.58 bits per heavy atom. The van der Waals surface area contributed by atoms with Crippen LogP contribution in [0.3, 0.4) is 0 Å². The molecular weight excluding hydrogens is 250 g/mol. The van der Waals surface area contributed by atoms with Crippen LogP contribution in [0.2, 0.25) is 0 Å². The average Bonchev–Trinajstić information content (AvgIpc) is 2.28. The summed E-state index contributed by atoms with van der Waals surface area (Å²) in [6.07, 6.45) is 0. The van der Waals surface area contributed by atoms with Gasteiger partial charge in [-0.25, -0.2) is 0 Å². The van der Waals surface area contributed by atoms with E-state index in [1.807, 2.05) is 57.2 Å². The van der Waals surface area contributed by atoms with Crippen molar-refractivity contribution in [3.05, 3.63) is 53.1 Å². The quantitative estimate of drug-likeness (QED) is 0.671. The molecule has 2 rings (SSSR count). The standard InChI is InChI=1S/C15H17O2P.Li.H/c1-10-9-11(2)15(18(16)17)12(3)14(10)13-7-5-4-6-8-13;;/h4-9,18H,1-3H3,(H,16,17);;. The minimum atomic E-state index is -2.67. The molecule has 1 unspecified atom stereocenters. The van der Waals surface area contributed by atoms with Crippen LogP contribution in [0, 0.1) is 20.8 Å². The molecule has 0 spiro atoms. The molecule has 1 N–H and O–H groups in total. The second-order valence-electron chi connectivity index (χ2n) is 4.56. The number of aryl methyl sites for hydroxylation is 2. The summed E-state index contributed by atoms with van der Waals surface area (Å²) in [6, 6.07) is 12.0. The van der Waals surface area contributed by atoms with E-state index in [-0.39, 0.29) is 18.9 Å². The van der Waals surface area contributed by atoms with Crippen molar-refractivity contribution in [2.75, 3.05) is 0 Å². The second kappa shape index (κ2) is 6.59. The summed E-state index contributed by atoms with van der Waals surface area (Å²) >= 11 is 0. The molecule has 2 aromatic rings. The van der Waals surface area contributed by atoms with Crippen LogP contribution in [0.15, 0.2) is 36.4 Å². The Labute approximate surface area is 126 Å². The summed E-state index contributed by atoms with van der Waals surface area (Å²) in [5.41, 5.74) is 5.13. The van der Waals surface area contributed by atoms with Crippen molar-refractivity contribution in [3.63, 3.8) is 0 Å². The van der Waals surface area contributed by atoms with Crippen LogP contribution in [-0.2, 0) is 4.57 Å². The molecule has 1 atom stereocenters. The van der Waals surface area contributed by atoms with Crippen LogP contribution in [-0.4, -0.2) is 23.8 Å². The molecule has 2 aromatic carbocycles. The zero-order chi connectivity index (χ0) is 13.3. The first-order valence-electron chi connectivity index (χ1n) is 5.92. The van der Waals surface area contributed by atoms with Gasteiger partial charge in [-0.05, 0) is 48.6 Å². The van der Waals surface area contributed by atoms with Gasteiger partial charge in [-0.15, -0.1) is 0 Å². The van der Waals surface area contributed by atoms with Crippen molar-refractivity contribution in [2.45, 2.75) is 20.8 Å². The minimum absolute atomic E-state index is 0. The van der Waals surface area contributed by atoms with E-state index in [0.717, 1.165) is 27.8 Å². The third kappa shape index (κ3) is 3.22. The molecule has 0 fully saturated rings. The summed E-state index contributed by atoms with van der Waals surface area (Å²) in [4.78, 5) is 9.49. The van der Waals surface area contributed by atoms with Gasteiger partial charge in [0.05, 0.1) is 0 Å². The fourth-order valence-corrected chi connectivity index (χ4v) is 3.42. The van der Waals surface area contributed by atoms with Gasteiger partial charge in [0.2, 0.25) is 8.03 Å². The first kappa shape index (κ1) is 16.3. The molecule has 96 valence electrons. The van der Waals surface area contributed by atoms with Gasteiger partial charge in [0, 0.05) is 5.30 Å². The van der Waals surface area contributed by atoms with E-state index >= 15 is 0 Å². The van der Waals surface area contributed by atoms with E-state index in [1.54, 1.807) is 0 Å².